The molecule has 114 valence electrons. The number of nitrogens with zero attached hydrogens (tertiary/aromatic N) is 3. The molecule has 5 nitrogen and oxygen atoms in total. The van der Waals surface area contributed by atoms with Crippen LogP contribution >= 0.6 is 0 Å². The van der Waals surface area contributed by atoms with Crippen molar-refractivity contribution >= 4 is 0 Å². The first-order valence-electron chi connectivity index (χ1n) is 7.36. The minimum absolute atomic E-state index is 0.312. The zero-order chi connectivity index (χ0) is 15.2. The van der Waals surface area contributed by atoms with Crippen molar-refractivity contribution in [2.24, 2.45) is 11.7 Å². The van der Waals surface area contributed by atoms with Crippen molar-refractivity contribution in [2.45, 2.75) is 32.7 Å². The number of ether oxygens (including phenoxy) is 1. The Morgan fingerprint density at radius 2 is 2.00 bits per heavy atom. The van der Waals surface area contributed by atoms with E-state index in [1.54, 1.807) is 13.4 Å². The predicted molar refractivity (Wildman–Crippen MR) is 83.4 cm³/mol. The molecule has 1 aromatic carbocycles. The maximum atomic E-state index is 5.96. The van der Waals surface area contributed by atoms with E-state index in [4.69, 9.17) is 10.5 Å². The molecule has 0 bridgehead atoms. The molecule has 21 heavy (non-hydrogen) atoms. The average molecular weight is 288 g/mol. The van der Waals surface area contributed by atoms with Crippen LogP contribution in [0.15, 0.2) is 30.6 Å². The number of hydrogen-bond acceptors (Lipinski definition) is 4. The molecule has 0 aliphatic rings. The van der Waals surface area contributed by atoms with Gasteiger partial charge >= 0.3 is 0 Å². The molecule has 2 rings (SSSR count). The van der Waals surface area contributed by atoms with Crippen LogP contribution in [-0.2, 0) is 12.8 Å². The molecule has 0 radical (unpaired) electrons. The van der Waals surface area contributed by atoms with Gasteiger partial charge in [-0.25, -0.2) is 9.67 Å². The van der Waals surface area contributed by atoms with Crippen molar-refractivity contribution in [1.82, 2.24) is 14.8 Å². The smallest absolute Gasteiger partial charge is 0.138 e. The van der Waals surface area contributed by atoms with E-state index in [9.17, 15) is 0 Å². The van der Waals surface area contributed by atoms with Crippen LogP contribution in [0.5, 0.6) is 5.75 Å². The summed E-state index contributed by atoms with van der Waals surface area (Å²) in [6.45, 7) is 4.83. The lowest BCUT2D eigenvalue weighted by atomic mass is 9.95. The van der Waals surface area contributed by atoms with E-state index in [2.05, 4.69) is 30.0 Å². The van der Waals surface area contributed by atoms with Crippen LogP contribution in [0.4, 0.5) is 0 Å². The fourth-order valence-electron chi connectivity index (χ4n) is 2.53. The summed E-state index contributed by atoms with van der Waals surface area (Å²) < 4.78 is 7.38. The standard InChI is InChI=1S/C16H24N4O/c1-12(2)20-16(18-11-19-20)9-13(10-17)8-14-6-4-5-7-15(14)21-3/h4-7,11-13H,8-10,17H2,1-3H3. The normalized spacial score (nSPS) is 12.6. The molecular formula is C16H24N4O. The molecule has 0 spiro atoms. The van der Waals surface area contributed by atoms with Gasteiger partial charge in [0.1, 0.15) is 17.9 Å². The lowest BCUT2D eigenvalue weighted by Crippen LogP contribution is -2.22. The minimum atomic E-state index is 0.312. The molecular weight excluding hydrogens is 264 g/mol. The summed E-state index contributed by atoms with van der Waals surface area (Å²) in [5.74, 6) is 2.24. The lowest BCUT2D eigenvalue weighted by Gasteiger charge is -2.17. The molecule has 1 unspecified atom stereocenters. The summed E-state index contributed by atoms with van der Waals surface area (Å²) in [7, 11) is 1.70. The molecule has 5 heteroatoms. The first-order valence-corrected chi connectivity index (χ1v) is 7.36. The zero-order valence-corrected chi connectivity index (χ0v) is 13.0. The van der Waals surface area contributed by atoms with Crippen LogP contribution < -0.4 is 10.5 Å². The number of para-hydroxylation sites is 1. The van der Waals surface area contributed by atoms with Crippen LogP contribution in [-0.4, -0.2) is 28.4 Å². The monoisotopic (exact) mass is 288 g/mol. The van der Waals surface area contributed by atoms with Gasteiger partial charge in [-0.05, 0) is 44.4 Å². The van der Waals surface area contributed by atoms with Crippen molar-refractivity contribution in [2.75, 3.05) is 13.7 Å². The van der Waals surface area contributed by atoms with Gasteiger partial charge in [-0.15, -0.1) is 0 Å². The van der Waals surface area contributed by atoms with E-state index >= 15 is 0 Å². The molecule has 0 aliphatic carbocycles. The SMILES string of the molecule is COc1ccccc1CC(CN)Cc1ncnn1C(C)C. The van der Waals surface area contributed by atoms with E-state index in [0.717, 1.165) is 24.4 Å². The van der Waals surface area contributed by atoms with Crippen LogP contribution in [0.25, 0.3) is 0 Å². The quantitative estimate of drug-likeness (QED) is 0.848. The maximum Gasteiger partial charge on any atom is 0.138 e. The van der Waals surface area contributed by atoms with Crippen LogP contribution in [0.3, 0.4) is 0 Å². The zero-order valence-electron chi connectivity index (χ0n) is 13.0. The second-order valence-corrected chi connectivity index (χ2v) is 5.54. The van der Waals surface area contributed by atoms with Gasteiger partial charge in [0.05, 0.1) is 7.11 Å². The Morgan fingerprint density at radius 1 is 1.24 bits per heavy atom. The van der Waals surface area contributed by atoms with Crippen LogP contribution in [0, 0.1) is 5.92 Å². The summed E-state index contributed by atoms with van der Waals surface area (Å²) >= 11 is 0. The summed E-state index contributed by atoms with van der Waals surface area (Å²) in [6.07, 6.45) is 3.32. The Kier molecular flexibility index (Phi) is 5.33. The number of rotatable bonds is 7. The van der Waals surface area contributed by atoms with Crippen molar-refractivity contribution in [3.8, 4) is 5.75 Å². The summed E-state index contributed by atoms with van der Waals surface area (Å²) in [4.78, 5) is 4.37. The first-order chi connectivity index (χ1) is 10.2. The van der Waals surface area contributed by atoms with Crippen molar-refractivity contribution in [3.63, 3.8) is 0 Å². The van der Waals surface area contributed by atoms with Crippen molar-refractivity contribution < 1.29 is 4.74 Å². The summed E-state index contributed by atoms with van der Waals surface area (Å²) in [5, 5.41) is 4.28. The Bertz CT molecular complexity index is 565. The molecule has 1 atom stereocenters. The molecule has 0 amide bonds. The third kappa shape index (κ3) is 3.82. The molecule has 0 saturated carbocycles. The highest BCUT2D eigenvalue weighted by atomic mass is 16.5. The van der Waals surface area contributed by atoms with E-state index in [-0.39, 0.29) is 0 Å². The lowest BCUT2D eigenvalue weighted by molar-refractivity contribution is 0.401. The number of hydrogen-bond donors (Lipinski definition) is 1. The molecule has 1 heterocycles. The van der Waals surface area contributed by atoms with Crippen LogP contribution in [0.2, 0.25) is 0 Å². The molecule has 0 fully saturated rings. The van der Waals surface area contributed by atoms with Gasteiger partial charge < -0.3 is 10.5 Å². The predicted octanol–water partition coefficient (Wildman–Crippen LogP) is 2.23. The van der Waals surface area contributed by atoms with Gasteiger partial charge in [0.25, 0.3) is 0 Å². The Morgan fingerprint density at radius 3 is 2.67 bits per heavy atom. The molecule has 2 N–H and O–H groups in total. The molecule has 1 aromatic heterocycles. The van der Waals surface area contributed by atoms with E-state index < -0.39 is 0 Å². The second kappa shape index (κ2) is 7.22. The van der Waals surface area contributed by atoms with E-state index in [0.29, 0.717) is 18.5 Å². The number of benzene rings is 1. The third-order valence-electron chi connectivity index (χ3n) is 3.64. The Labute approximate surface area is 126 Å². The highest BCUT2D eigenvalue weighted by Gasteiger charge is 2.16. The highest BCUT2D eigenvalue weighted by molar-refractivity contribution is 5.33. The summed E-state index contributed by atoms with van der Waals surface area (Å²) in [6, 6.07) is 8.40. The van der Waals surface area contributed by atoms with Gasteiger partial charge in [-0.1, -0.05) is 18.2 Å². The van der Waals surface area contributed by atoms with E-state index in [1.165, 1.54) is 5.56 Å². The van der Waals surface area contributed by atoms with Gasteiger partial charge in [0.2, 0.25) is 0 Å². The highest BCUT2D eigenvalue weighted by Crippen LogP contribution is 2.22. The molecule has 0 aliphatic heterocycles. The Hall–Kier alpha value is -1.88. The van der Waals surface area contributed by atoms with Crippen LogP contribution in [0.1, 0.15) is 31.3 Å². The Balaban J connectivity index is 2.11. The fraction of sp³-hybridized carbons (Fsp3) is 0.500. The molecule has 2 aromatic rings. The molecule has 0 saturated heterocycles. The van der Waals surface area contributed by atoms with Gasteiger partial charge in [0.15, 0.2) is 0 Å². The van der Waals surface area contributed by atoms with Gasteiger partial charge in [0, 0.05) is 12.5 Å². The topological polar surface area (TPSA) is 66.0 Å². The second-order valence-electron chi connectivity index (χ2n) is 5.54. The largest absolute Gasteiger partial charge is 0.496 e. The maximum absolute atomic E-state index is 5.96. The first kappa shape index (κ1) is 15.5. The van der Waals surface area contributed by atoms with E-state index in [1.807, 2.05) is 22.9 Å². The van der Waals surface area contributed by atoms with Crippen molar-refractivity contribution in [3.05, 3.63) is 42.0 Å². The number of nitrogens with two attached hydrogens (primary N) is 1. The summed E-state index contributed by atoms with van der Waals surface area (Å²) in [5.41, 5.74) is 7.14. The fourth-order valence-corrected chi connectivity index (χ4v) is 2.53. The minimum Gasteiger partial charge on any atom is -0.496 e. The van der Waals surface area contributed by atoms with Gasteiger partial charge in [-0.2, -0.15) is 5.10 Å². The van der Waals surface area contributed by atoms with Crippen molar-refractivity contribution in [1.29, 1.82) is 0 Å². The van der Waals surface area contributed by atoms with Gasteiger partial charge in [-0.3, -0.25) is 0 Å². The number of methoxy groups -OCH3 is 1. The number of aromatic nitrogens is 3. The average Bonchev–Trinajstić information content (AvgIpc) is 2.95. The third-order valence-corrected chi connectivity index (χ3v) is 3.64.